The number of hydrogen-bond acceptors (Lipinski definition) is 0. The third kappa shape index (κ3) is 0.835. The maximum Gasteiger partial charge on any atom is -0.0191 e. The second kappa shape index (κ2) is 2.17. The van der Waals surface area contributed by atoms with Crippen molar-refractivity contribution in [3.63, 3.8) is 0 Å². The minimum atomic E-state index is 0.771. The summed E-state index contributed by atoms with van der Waals surface area (Å²) in [7, 11) is 0. The van der Waals surface area contributed by atoms with Crippen LogP contribution in [0, 0.1) is 5.92 Å². The van der Waals surface area contributed by atoms with Gasteiger partial charge in [-0.2, -0.15) is 0 Å². The highest BCUT2D eigenvalue weighted by molar-refractivity contribution is 5.22. The van der Waals surface area contributed by atoms with Crippen molar-refractivity contribution >= 4 is 0 Å². The maximum absolute atomic E-state index is 3.72. The van der Waals surface area contributed by atoms with Gasteiger partial charge in [0.1, 0.15) is 0 Å². The highest BCUT2D eigenvalue weighted by atomic mass is 14.1. The van der Waals surface area contributed by atoms with E-state index < -0.39 is 0 Å². The first-order valence-electron chi connectivity index (χ1n) is 3.17. The van der Waals surface area contributed by atoms with Gasteiger partial charge < -0.3 is 0 Å². The fourth-order valence-corrected chi connectivity index (χ4v) is 1.15. The Morgan fingerprint density at radius 3 is 2.88 bits per heavy atom. The van der Waals surface area contributed by atoms with E-state index >= 15 is 0 Å². The van der Waals surface area contributed by atoms with E-state index in [4.69, 9.17) is 0 Å². The summed E-state index contributed by atoms with van der Waals surface area (Å²) in [6.07, 6.45) is 6.82. The summed E-state index contributed by atoms with van der Waals surface area (Å²) >= 11 is 0. The Hall–Kier alpha value is -0.520. The molecule has 0 fully saturated rings. The molecule has 44 valence electrons. The Morgan fingerprint density at radius 2 is 2.62 bits per heavy atom. The van der Waals surface area contributed by atoms with Crippen LogP contribution in [0.3, 0.4) is 0 Å². The molecule has 0 bridgehead atoms. The third-order valence-electron chi connectivity index (χ3n) is 1.78. The van der Waals surface area contributed by atoms with Gasteiger partial charge in [0.2, 0.25) is 0 Å². The van der Waals surface area contributed by atoms with Crippen LogP contribution in [0.1, 0.15) is 19.8 Å². The van der Waals surface area contributed by atoms with Crippen molar-refractivity contribution in [3.8, 4) is 0 Å². The SMILES string of the molecule is C=CC1=CCC[C@H]1C. The molecular weight excluding hydrogens is 96.1 g/mol. The van der Waals surface area contributed by atoms with Gasteiger partial charge in [-0.1, -0.05) is 25.7 Å². The zero-order valence-corrected chi connectivity index (χ0v) is 5.35. The molecule has 0 aromatic carbocycles. The van der Waals surface area contributed by atoms with Crippen LogP contribution in [0.15, 0.2) is 24.3 Å². The summed E-state index contributed by atoms with van der Waals surface area (Å²) in [5.41, 5.74) is 1.44. The Labute approximate surface area is 50.9 Å². The third-order valence-corrected chi connectivity index (χ3v) is 1.78. The average molecular weight is 108 g/mol. The minimum absolute atomic E-state index is 0.771. The van der Waals surface area contributed by atoms with Crippen LogP contribution in [-0.2, 0) is 0 Å². The lowest BCUT2D eigenvalue weighted by atomic mass is 10.1. The average Bonchev–Trinajstić information content (AvgIpc) is 2.14. The van der Waals surface area contributed by atoms with E-state index in [9.17, 15) is 0 Å². The highest BCUT2D eigenvalue weighted by Crippen LogP contribution is 2.24. The molecule has 0 amide bonds. The van der Waals surface area contributed by atoms with E-state index in [2.05, 4.69) is 19.6 Å². The monoisotopic (exact) mass is 108 g/mol. The standard InChI is InChI=1S/C8H12/c1-3-8-6-4-5-7(8)2/h3,6-7H,1,4-5H2,2H3/t7-/m1/s1. The molecule has 1 aliphatic carbocycles. The quantitative estimate of drug-likeness (QED) is 0.484. The van der Waals surface area contributed by atoms with Gasteiger partial charge in [-0.05, 0) is 24.3 Å². The van der Waals surface area contributed by atoms with Crippen LogP contribution < -0.4 is 0 Å². The van der Waals surface area contributed by atoms with Gasteiger partial charge in [-0.15, -0.1) is 0 Å². The van der Waals surface area contributed by atoms with Crippen LogP contribution >= 0.6 is 0 Å². The second-order valence-corrected chi connectivity index (χ2v) is 2.39. The topological polar surface area (TPSA) is 0 Å². The molecule has 0 aromatic rings. The zero-order valence-electron chi connectivity index (χ0n) is 5.35. The first kappa shape index (κ1) is 5.61. The molecule has 0 aliphatic heterocycles. The molecule has 1 aliphatic rings. The predicted octanol–water partition coefficient (Wildman–Crippen LogP) is 2.53. The zero-order chi connectivity index (χ0) is 5.98. The van der Waals surface area contributed by atoms with Gasteiger partial charge in [0, 0.05) is 0 Å². The molecule has 0 nitrogen and oxygen atoms in total. The van der Waals surface area contributed by atoms with Crippen molar-refractivity contribution in [1.29, 1.82) is 0 Å². The van der Waals surface area contributed by atoms with Gasteiger partial charge in [-0.3, -0.25) is 0 Å². The molecule has 0 heterocycles. The molecule has 1 rings (SSSR count). The van der Waals surface area contributed by atoms with E-state index in [0.717, 1.165) is 5.92 Å². The molecule has 0 unspecified atom stereocenters. The van der Waals surface area contributed by atoms with Crippen molar-refractivity contribution in [2.45, 2.75) is 19.8 Å². The lowest BCUT2D eigenvalue weighted by molar-refractivity contribution is 0.682. The number of hydrogen-bond donors (Lipinski definition) is 0. The maximum atomic E-state index is 3.72. The number of rotatable bonds is 1. The van der Waals surface area contributed by atoms with Crippen molar-refractivity contribution in [2.24, 2.45) is 5.92 Å². The van der Waals surface area contributed by atoms with E-state index in [1.807, 2.05) is 6.08 Å². The Kier molecular flexibility index (Phi) is 1.52. The van der Waals surface area contributed by atoms with Gasteiger partial charge in [-0.25, -0.2) is 0 Å². The molecular formula is C8H12. The fourth-order valence-electron chi connectivity index (χ4n) is 1.15. The first-order valence-corrected chi connectivity index (χ1v) is 3.17. The van der Waals surface area contributed by atoms with Crippen LogP contribution in [0.25, 0.3) is 0 Å². The largest absolute Gasteiger partial charge is 0.0988 e. The summed E-state index contributed by atoms with van der Waals surface area (Å²) in [6, 6.07) is 0. The van der Waals surface area contributed by atoms with Crippen molar-refractivity contribution < 1.29 is 0 Å². The lowest BCUT2D eigenvalue weighted by Crippen LogP contribution is -1.87. The van der Waals surface area contributed by atoms with Crippen LogP contribution in [0.2, 0.25) is 0 Å². The fraction of sp³-hybridized carbons (Fsp3) is 0.500. The second-order valence-electron chi connectivity index (χ2n) is 2.39. The van der Waals surface area contributed by atoms with E-state index in [1.165, 1.54) is 18.4 Å². The van der Waals surface area contributed by atoms with Crippen molar-refractivity contribution in [2.75, 3.05) is 0 Å². The highest BCUT2D eigenvalue weighted by Gasteiger charge is 2.09. The van der Waals surface area contributed by atoms with Gasteiger partial charge in [0.25, 0.3) is 0 Å². The Bertz CT molecular complexity index is 120. The smallest absolute Gasteiger partial charge is 0.0191 e. The molecule has 8 heavy (non-hydrogen) atoms. The minimum Gasteiger partial charge on any atom is -0.0988 e. The molecule has 0 radical (unpaired) electrons. The molecule has 0 N–H and O–H groups in total. The van der Waals surface area contributed by atoms with Gasteiger partial charge in [0.15, 0.2) is 0 Å². The van der Waals surface area contributed by atoms with Crippen LogP contribution in [0.5, 0.6) is 0 Å². The Morgan fingerprint density at radius 1 is 1.88 bits per heavy atom. The summed E-state index contributed by atoms with van der Waals surface area (Å²) in [5.74, 6) is 0.771. The predicted molar refractivity (Wildman–Crippen MR) is 36.7 cm³/mol. The molecule has 0 spiro atoms. The number of allylic oxidation sites excluding steroid dienone is 3. The Balaban J connectivity index is 2.62. The molecule has 1 atom stereocenters. The summed E-state index contributed by atoms with van der Waals surface area (Å²) < 4.78 is 0. The van der Waals surface area contributed by atoms with Gasteiger partial charge in [0.05, 0.1) is 0 Å². The molecule has 0 heteroatoms. The molecule has 0 aromatic heterocycles. The molecule has 0 saturated carbocycles. The van der Waals surface area contributed by atoms with Crippen LogP contribution in [-0.4, -0.2) is 0 Å². The van der Waals surface area contributed by atoms with Crippen LogP contribution in [0.4, 0.5) is 0 Å². The van der Waals surface area contributed by atoms with Gasteiger partial charge >= 0.3 is 0 Å². The molecule has 0 saturated heterocycles. The van der Waals surface area contributed by atoms with Crippen molar-refractivity contribution in [1.82, 2.24) is 0 Å². The van der Waals surface area contributed by atoms with E-state index in [0.29, 0.717) is 0 Å². The van der Waals surface area contributed by atoms with E-state index in [1.54, 1.807) is 0 Å². The summed E-state index contributed by atoms with van der Waals surface area (Å²) in [4.78, 5) is 0. The van der Waals surface area contributed by atoms with E-state index in [-0.39, 0.29) is 0 Å². The summed E-state index contributed by atoms with van der Waals surface area (Å²) in [5, 5.41) is 0. The van der Waals surface area contributed by atoms with Crippen molar-refractivity contribution in [3.05, 3.63) is 24.3 Å². The summed E-state index contributed by atoms with van der Waals surface area (Å²) in [6.45, 7) is 5.98. The lowest BCUT2D eigenvalue weighted by Gasteiger charge is -2.00. The first-order chi connectivity index (χ1) is 3.84. The normalized spacial score (nSPS) is 27.6.